The van der Waals surface area contributed by atoms with Gasteiger partial charge in [-0.1, -0.05) is 56.5 Å². The topological polar surface area (TPSA) is 57.6 Å². The number of hydrogen-bond acceptors (Lipinski definition) is 2. The first-order valence-electron chi connectivity index (χ1n) is 9.14. The molecule has 2 fully saturated rings. The van der Waals surface area contributed by atoms with Gasteiger partial charge in [-0.3, -0.25) is 9.59 Å². The Hall–Kier alpha value is -1.84. The van der Waals surface area contributed by atoms with Crippen molar-refractivity contribution in [2.75, 3.05) is 13.1 Å². The van der Waals surface area contributed by atoms with E-state index < -0.39 is 11.9 Å². The largest absolute Gasteiger partial charge is 0.481 e. The first-order chi connectivity index (χ1) is 11.6. The predicted molar refractivity (Wildman–Crippen MR) is 92.7 cm³/mol. The number of hydrogen-bond donors (Lipinski definition) is 1. The summed E-state index contributed by atoms with van der Waals surface area (Å²) in [5.74, 6) is -1.22. The van der Waals surface area contributed by atoms with Crippen molar-refractivity contribution >= 4 is 11.9 Å². The van der Waals surface area contributed by atoms with Gasteiger partial charge in [0.15, 0.2) is 0 Å². The van der Waals surface area contributed by atoms with Gasteiger partial charge in [0, 0.05) is 24.4 Å². The van der Waals surface area contributed by atoms with E-state index in [9.17, 15) is 14.7 Å². The third-order valence-corrected chi connectivity index (χ3v) is 6.09. The van der Waals surface area contributed by atoms with Gasteiger partial charge in [0.25, 0.3) is 0 Å². The molecule has 1 N–H and O–H groups in total. The van der Waals surface area contributed by atoms with Crippen molar-refractivity contribution in [2.24, 2.45) is 11.3 Å². The van der Waals surface area contributed by atoms with Crippen molar-refractivity contribution in [2.45, 2.75) is 51.4 Å². The average Bonchev–Trinajstić information content (AvgIpc) is 3.08. The number of carbonyl (C=O) groups excluding carboxylic acids is 1. The summed E-state index contributed by atoms with van der Waals surface area (Å²) in [6.45, 7) is 2.97. The molecule has 4 nitrogen and oxygen atoms in total. The van der Waals surface area contributed by atoms with Gasteiger partial charge in [-0.2, -0.15) is 0 Å². The standard InChI is InChI=1S/C20H27NO3/c1-2-20(11-7-4-8-12-20)19(24)21-13-16(17(14-21)18(22)23)15-9-5-3-6-10-15/h3,5-6,9-10,16-17H,2,4,7-8,11-14H2,1H3,(H,22,23). The van der Waals surface area contributed by atoms with Crippen molar-refractivity contribution in [1.29, 1.82) is 0 Å². The van der Waals surface area contributed by atoms with Crippen LogP contribution in [0.25, 0.3) is 0 Å². The Labute approximate surface area is 143 Å². The van der Waals surface area contributed by atoms with Crippen LogP contribution >= 0.6 is 0 Å². The van der Waals surface area contributed by atoms with Gasteiger partial charge in [-0.15, -0.1) is 0 Å². The Morgan fingerprint density at radius 1 is 1.12 bits per heavy atom. The van der Waals surface area contributed by atoms with Crippen LogP contribution in [0.15, 0.2) is 30.3 Å². The monoisotopic (exact) mass is 329 g/mol. The molecule has 0 spiro atoms. The summed E-state index contributed by atoms with van der Waals surface area (Å²) in [5.41, 5.74) is 0.766. The molecular weight excluding hydrogens is 302 g/mol. The van der Waals surface area contributed by atoms with E-state index in [1.807, 2.05) is 35.2 Å². The first-order valence-corrected chi connectivity index (χ1v) is 9.14. The lowest BCUT2D eigenvalue weighted by Gasteiger charge is -2.38. The van der Waals surface area contributed by atoms with Crippen molar-refractivity contribution in [3.63, 3.8) is 0 Å². The number of carbonyl (C=O) groups is 2. The minimum Gasteiger partial charge on any atom is -0.481 e. The quantitative estimate of drug-likeness (QED) is 0.917. The summed E-state index contributed by atoms with van der Waals surface area (Å²) in [5, 5.41) is 9.64. The zero-order chi connectivity index (χ0) is 17.2. The molecule has 0 aromatic heterocycles. The third kappa shape index (κ3) is 3.06. The van der Waals surface area contributed by atoms with Crippen LogP contribution in [0.1, 0.15) is 56.9 Å². The second-order valence-corrected chi connectivity index (χ2v) is 7.37. The number of rotatable bonds is 4. The van der Waals surface area contributed by atoms with Crippen molar-refractivity contribution in [1.82, 2.24) is 4.90 Å². The SMILES string of the molecule is CCC1(C(=O)N2CC(C(=O)O)C(c3ccccc3)C2)CCCCC1. The fourth-order valence-electron chi connectivity index (χ4n) is 4.54. The van der Waals surface area contributed by atoms with E-state index in [1.54, 1.807) is 0 Å². The summed E-state index contributed by atoms with van der Waals surface area (Å²) in [7, 11) is 0. The molecule has 130 valence electrons. The highest BCUT2D eigenvalue weighted by Crippen LogP contribution is 2.43. The van der Waals surface area contributed by atoms with Crippen LogP contribution in [0.2, 0.25) is 0 Å². The van der Waals surface area contributed by atoms with Crippen LogP contribution in [0.3, 0.4) is 0 Å². The van der Waals surface area contributed by atoms with E-state index in [2.05, 4.69) is 6.92 Å². The molecule has 0 radical (unpaired) electrons. The van der Waals surface area contributed by atoms with E-state index in [0.717, 1.165) is 37.7 Å². The number of nitrogens with zero attached hydrogens (tertiary/aromatic N) is 1. The minimum absolute atomic E-state index is 0.106. The lowest BCUT2D eigenvalue weighted by atomic mass is 9.71. The molecule has 2 atom stereocenters. The van der Waals surface area contributed by atoms with Crippen LogP contribution in [0.4, 0.5) is 0 Å². The Kier molecular flexibility index (Phi) is 4.93. The smallest absolute Gasteiger partial charge is 0.308 e. The van der Waals surface area contributed by atoms with E-state index >= 15 is 0 Å². The number of carboxylic acids is 1. The molecule has 2 aliphatic rings. The zero-order valence-electron chi connectivity index (χ0n) is 14.4. The number of aliphatic carboxylic acids is 1. The maximum atomic E-state index is 13.2. The van der Waals surface area contributed by atoms with E-state index in [4.69, 9.17) is 0 Å². The molecule has 0 bridgehead atoms. The number of amides is 1. The van der Waals surface area contributed by atoms with Crippen molar-refractivity contribution in [3.05, 3.63) is 35.9 Å². The lowest BCUT2D eigenvalue weighted by Crippen LogP contribution is -2.44. The van der Waals surface area contributed by atoms with Crippen molar-refractivity contribution < 1.29 is 14.7 Å². The highest BCUT2D eigenvalue weighted by atomic mass is 16.4. The zero-order valence-corrected chi connectivity index (χ0v) is 14.4. The van der Waals surface area contributed by atoms with Gasteiger partial charge in [0.2, 0.25) is 5.91 Å². The maximum Gasteiger partial charge on any atom is 0.308 e. The molecule has 1 aliphatic carbocycles. The highest BCUT2D eigenvalue weighted by molar-refractivity contribution is 5.84. The molecule has 1 amide bonds. The van der Waals surface area contributed by atoms with E-state index in [-0.39, 0.29) is 17.2 Å². The molecule has 1 aliphatic heterocycles. The molecule has 3 rings (SSSR count). The summed E-state index contributed by atoms with van der Waals surface area (Å²) < 4.78 is 0. The van der Waals surface area contributed by atoms with Crippen LogP contribution < -0.4 is 0 Å². The van der Waals surface area contributed by atoms with Gasteiger partial charge in [0.05, 0.1) is 5.92 Å². The third-order valence-electron chi connectivity index (χ3n) is 6.09. The Balaban J connectivity index is 1.82. The number of benzene rings is 1. The van der Waals surface area contributed by atoms with Gasteiger partial charge < -0.3 is 10.0 Å². The second-order valence-electron chi connectivity index (χ2n) is 7.37. The maximum absolute atomic E-state index is 13.2. The molecule has 1 heterocycles. The number of carboxylic acid groups (broad SMARTS) is 1. The summed E-state index contributed by atoms with van der Waals surface area (Å²) in [4.78, 5) is 26.8. The predicted octanol–water partition coefficient (Wildman–Crippen LogP) is 3.67. The molecule has 4 heteroatoms. The fraction of sp³-hybridized carbons (Fsp3) is 0.600. The van der Waals surface area contributed by atoms with Gasteiger partial charge in [0.1, 0.15) is 0 Å². The molecule has 1 saturated heterocycles. The van der Waals surface area contributed by atoms with Crippen LogP contribution in [-0.2, 0) is 9.59 Å². The first kappa shape index (κ1) is 17.0. The molecule has 1 aromatic carbocycles. The van der Waals surface area contributed by atoms with Gasteiger partial charge in [-0.05, 0) is 24.8 Å². The second kappa shape index (κ2) is 6.96. The summed E-state index contributed by atoms with van der Waals surface area (Å²) >= 11 is 0. The van der Waals surface area contributed by atoms with E-state index in [0.29, 0.717) is 13.1 Å². The van der Waals surface area contributed by atoms with Crippen LogP contribution in [0, 0.1) is 11.3 Å². The normalized spacial score (nSPS) is 26.3. The molecule has 1 saturated carbocycles. The summed E-state index contributed by atoms with van der Waals surface area (Å²) in [6, 6.07) is 9.77. The summed E-state index contributed by atoms with van der Waals surface area (Å²) in [6.07, 6.45) is 6.18. The van der Waals surface area contributed by atoms with Crippen molar-refractivity contribution in [3.8, 4) is 0 Å². The molecular formula is C20H27NO3. The van der Waals surface area contributed by atoms with E-state index in [1.165, 1.54) is 6.42 Å². The lowest BCUT2D eigenvalue weighted by molar-refractivity contribution is -0.145. The van der Waals surface area contributed by atoms with Gasteiger partial charge >= 0.3 is 5.97 Å². The van der Waals surface area contributed by atoms with Gasteiger partial charge in [-0.25, -0.2) is 0 Å². The Morgan fingerprint density at radius 2 is 1.79 bits per heavy atom. The minimum atomic E-state index is -0.798. The number of likely N-dealkylation sites (tertiary alicyclic amines) is 1. The Morgan fingerprint density at radius 3 is 2.38 bits per heavy atom. The molecule has 2 unspecified atom stereocenters. The Bertz CT molecular complexity index is 592. The highest BCUT2D eigenvalue weighted by Gasteiger charge is 2.46. The van der Waals surface area contributed by atoms with Crippen LogP contribution in [0.5, 0.6) is 0 Å². The average molecular weight is 329 g/mol. The molecule has 24 heavy (non-hydrogen) atoms. The molecule has 1 aromatic rings. The fourth-order valence-corrected chi connectivity index (χ4v) is 4.54. The van der Waals surface area contributed by atoms with Crippen LogP contribution in [-0.4, -0.2) is 35.0 Å².